The second-order valence-electron chi connectivity index (χ2n) is 7.81. The summed E-state index contributed by atoms with van der Waals surface area (Å²) in [6.45, 7) is 6.49. The quantitative estimate of drug-likeness (QED) is 0.376. The molecule has 0 aliphatic rings. The van der Waals surface area contributed by atoms with Crippen LogP contribution in [-0.4, -0.2) is 15.5 Å². The van der Waals surface area contributed by atoms with Crippen LogP contribution in [0, 0.1) is 13.8 Å². The van der Waals surface area contributed by atoms with Gasteiger partial charge >= 0.3 is 0 Å². The standard InChI is InChI=1S/C25H23Cl2N3O/c1-15-8-10-19(16(2)12-15)25(31)28-17(3)24-29-22-6-4-5-7-23(22)30(24)14-18-9-11-20(26)21(27)13-18/h4-13,17H,14H2,1-3H3,(H,28,31). The van der Waals surface area contributed by atoms with Crippen LogP contribution in [0.25, 0.3) is 11.0 Å². The lowest BCUT2D eigenvalue weighted by molar-refractivity contribution is 0.0937. The SMILES string of the molecule is Cc1ccc(C(=O)NC(C)c2nc3ccccc3n2Cc2ccc(Cl)c(Cl)c2)c(C)c1. The van der Waals surface area contributed by atoms with E-state index in [0.717, 1.165) is 33.5 Å². The van der Waals surface area contributed by atoms with E-state index >= 15 is 0 Å². The van der Waals surface area contributed by atoms with Crippen LogP contribution in [0.2, 0.25) is 10.0 Å². The highest BCUT2D eigenvalue weighted by Crippen LogP contribution is 2.26. The number of benzene rings is 3. The Balaban J connectivity index is 1.68. The highest BCUT2D eigenvalue weighted by Gasteiger charge is 2.20. The zero-order chi connectivity index (χ0) is 22.1. The molecule has 3 aromatic carbocycles. The number of aromatic nitrogens is 2. The summed E-state index contributed by atoms with van der Waals surface area (Å²) in [5, 5.41) is 4.15. The lowest BCUT2D eigenvalue weighted by Crippen LogP contribution is -2.29. The number of para-hydroxylation sites is 2. The van der Waals surface area contributed by atoms with Crippen molar-refractivity contribution < 1.29 is 4.79 Å². The molecule has 158 valence electrons. The minimum absolute atomic E-state index is 0.113. The van der Waals surface area contributed by atoms with E-state index < -0.39 is 0 Å². The van der Waals surface area contributed by atoms with Crippen LogP contribution < -0.4 is 5.32 Å². The van der Waals surface area contributed by atoms with Crippen molar-refractivity contribution >= 4 is 40.1 Å². The number of amides is 1. The van der Waals surface area contributed by atoms with Gasteiger partial charge in [-0.1, -0.05) is 59.1 Å². The van der Waals surface area contributed by atoms with E-state index in [4.69, 9.17) is 28.2 Å². The van der Waals surface area contributed by atoms with Crippen molar-refractivity contribution in [3.63, 3.8) is 0 Å². The molecule has 0 saturated heterocycles. The summed E-state index contributed by atoms with van der Waals surface area (Å²) in [4.78, 5) is 17.8. The Morgan fingerprint density at radius 3 is 2.55 bits per heavy atom. The summed E-state index contributed by atoms with van der Waals surface area (Å²) in [5.41, 5.74) is 5.64. The Kier molecular flexibility index (Phi) is 6.03. The largest absolute Gasteiger partial charge is 0.342 e. The van der Waals surface area contributed by atoms with Gasteiger partial charge in [0.25, 0.3) is 5.91 Å². The van der Waals surface area contributed by atoms with Crippen molar-refractivity contribution in [2.24, 2.45) is 0 Å². The zero-order valence-electron chi connectivity index (χ0n) is 17.6. The van der Waals surface area contributed by atoms with E-state index in [1.54, 1.807) is 6.07 Å². The maximum Gasteiger partial charge on any atom is 0.252 e. The molecular formula is C25H23Cl2N3O. The molecule has 31 heavy (non-hydrogen) atoms. The van der Waals surface area contributed by atoms with Crippen LogP contribution in [0.4, 0.5) is 0 Å². The molecule has 1 heterocycles. The maximum absolute atomic E-state index is 12.9. The monoisotopic (exact) mass is 451 g/mol. The molecule has 0 radical (unpaired) electrons. The summed E-state index contributed by atoms with van der Waals surface area (Å²) < 4.78 is 2.11. The Hall–Kier alpha value is -2.82. The highest BCUT2D eigenvalue weighted by atomic mass is 35.5. The molecular weight excluding hydrogens is 429 g/mol. The van der Waals surface area contributed by atoms with Gasteiger partial charge in [-0.25, -0.2) is 4.98 Å². The van der Waals surface area contributed by atoms with E-state index in [1.165, 1.54) is 0 Å². The number of nitrogens with zero attached hydrogens (tertiary/aromatic N) is 2. The van der Waals surface area contributed by atoms with Gasteiger partial charge in [-0.15, -0.1) is 0 Å². The number of halogens is 2. The van der Waals surface area contributed by atoms with Crippen LogP contribution in [0.1, 0.15) is 45.8 Å². The van der Waals surface area contributed by atoms with Crippen molar-refractivity contribution in [1.29, 1.82) is 0 Å². The van der Waals surface area contributed by atoms with Gasteiger partial charge < -0.3 is 9.88 Å². The van der Waals surface area contributed by atoms with Crippen LogP contribution in [0.3, 0.4) is 0 Å². The first-order valence-electron chi connectivity index (χ1n) is 10.1. The third kappa shape index (κ3) is 4.46. The van der Waals surface area contributed by atoms with Crippen molar-refractivity contribution in [1.82, 2.24) is 14.9 Å². The van der Waals surface area contributed by atoms with Crippen LogP contribution in [-0.2, 0) is 6.54 Å². The Labute approximate surface area is 191 Å². The molecule has 1 atom stereocenters. The molecule has 1 N–H and O–H groups in total. The van der Waals surface area contributed by atoms with Crippen LogP contribution in [0.5, 0.6) is 0 Å². The molecule has 0 fully saturated rings. The summed E-state index contributed by atoms with van der Waals surface area (Å²) in [7, 11) is 0. The Morgan fingerprint density at radius 1 is 1.03 bits per heavy atom. The molecule has 0 spiro atoms. The van der Waals surface area contributed by atoms with Crippen LogP contribution in [0.15, 0.2) is 60.7 Å². The fourth-order valence-corrected chi connectivity index (χ4v) is 4.14. The third-order valence-corrected chi connectivity index (χ3v) is 6.11. The first-order valence-corrected chi connectivity index (χ1v) is 10.9. The second kappa shape index (κ2) is 8.74. The van der Waals surface area contributed by atoms with Crippen LogP contribution >= 0.6 is 23.2 Å². The summed E-state index contributed by atoms with van der Waals surface area (Å²) >= 11 is 12.3. The molecule has 4 aromatic rings. The number of fused-ring (bicyclic) bond motifs is 1. The maximum atomic E-state index is 12.9. The van der Waals surface area contributed by atoms with Gasteiger partial charge in [-0.2, -0.15) is 0 Å². The predicted molar refractivity (Wildman–Crippen MR) is 127 cm³/mol. The molecule has 6 heteroatoms. The van der Waals surface area contributed by atoms with Gasteiger partial charge in [-0.05, 0) is 62.2 Å². The lowest BCUT2D eigenvalue weighted by Gasteiger charge is -2.17. The fourth-order valence-electron chi connectivity index (χ4n) is 3.82. The van der Waals surface area contributed by atoms with Crippen molar-refractivity contribution in [3.8, 4) is 0 Å². The van der Waals surface area contributed by atoms with Gasteiger partial charge in [0.2, 0.25) is 0 Å². The minimum atomic E-state index is -0.289. The van der Waals surface area contributed by atoms with E-state index in [-0.39, 0.29) is 11.9 Å². The van der Waals surface area contributed by atoms with Crippen molar-refractivity contribution in [3.05, 3.63) is 98.8 Å². The van der Waals surface area contributed by atoms with Gasteiger partial charge in [0.05, 0.1) is 27.1 Å². The van der Waals surface area contributed by atoms with Gasteiger partial charge in [0, 0.05) is 12.1 Å². The summed E-state index contributed by atoms with van der Waals surface area (Å²) in [5.74, 6) is 0.670. The second-order valence-corrected chi connectivity index (χ2v) is 8.62. The highest BCUT2D eigenvalue weighted by molar-refractivity contribution is 6.42. The number of aryl methyl sites for hydroxylation is 2. The molecule has 0 aliphatic carbocycles. The minimum Gasteiger partial charge on any atom is -0.342 e. The Bertz CT molecular complexity index is 1280. The van der Waals surface area contributed by atoms with Crippen molar-refractivity contribution in [2.75, 3.05) is 0 Å². The number of nitrogens with one attached hydrogen (secondary N) is 1. The first kappa shape index (κ1) is 21.4. The molecule has 1 aromatic heterocycles. The average molecular weight is 452 g/mol. The van der Waals surface area contributed by atoms with Crippen molar-refractivity contribution in [2.45, 2.75) is 33.4 Å². The zero-order valence-corrected chi connectivity index (χ0v) is 19.1. The number of rotatable bonds is 5. The number of carbonyl (C=O) groups excluding carboxylic acids is 1. The predicted octanol–water partition coefficient (Wildman–Crippen LogP) is 6.50. The molecule has 1 amide bonds. The van der Waals surface area contributed by atoms with E-state index in [9.17, 15) is 4.79 Å². The number of carbonyl (C=O) groups is 1. The summed E-state index contributed by atoms with van der Waals surface area (Å²) in [6, 6.07) is 19.1. The number of imidazole rings is 1. The van der Waals surface area contributed by atoms with Gasteiger partial charge in [-0.3, -0.25) is 4.79 Å². The van der Waals surface area contributed by atoms with E-state index in [0.29, 0.717) is 22.2 Å². The van der Waals surface area contributed by atoms with E-state index in [1.807, 2.05) is 75.4 Å². The smallest absolute Gasteiger partial charge is 0.252 e. The molecule has 0 saturated carbocycles. The van der Waals surface area contributed by atoms with Gasteiger partial charge in [0.1, 0.15) is 5.82 Å². The number of hydrogen-bond donors (Lipinski definition) is 1. The fraction of sp³-hybridized carbons (Fsp3) is 0.200. The van der Waals surface area contributed by atoms with Gasteiger partial charge in [0.15, 0.2) is 0 Å². The summed E-state index contributed by atoms with van der Waals surface area (Å²) in [6.07, 6.45) is 0. The first-order chi connectivity index (χ1) is 14.8. The molecule has 4 rings (SSSR count). The number of hydrogen-bond acceptors (Lipinski definition) is 2. The molecule has 0 aliphatic heterocycles. The normalized spacial score (nSPS) is 12.2. The van der Waals surface area contributed by atoms with E-state index in [2.05, 4.69) is 9.88 Å². The lowest BCUT2D eigenvalue weighted by atomic mass is 10.0. The average Bonchev–Trinajstić information content (AvgIpc) is 3.09. The molecule has 1 unspecified atom stereocenters. The molecule has 0 bridgehead atoms. The third-order valence-electron chi connectivity index (χ3n) is 5.37. The molecule has 4 nitrogen and oxygen atoms in total. The topological polar surface area (TPSA) is 46.9 Å². The Morgan fingerprint density at radius 2 is 1.81 bits per heavy atom.